The number of carbonyl (C=O) groups is 1. The van der Waals surface area contributed by atoms with Crippen LogP contribution in [0.4, 0.5) is 0 Å². The van der Waals surface area contributed by atoms with Gasteiger partial charge in [0.15, 0.2) is 9.84 Å². The molecule has 0 spiro atoms. The molecule has 0 aromatic carbocycles. The molecule has 1 aliphatic heterocycles. The highest BCUT2D eigenvalue weighted by Gasteiger charge is 2.29. The SMILES string of the molecule is CC(C)C(=O)CN1CCS(=O)(=O)CC1C. The standard InChI is InChI=1S/C10H19NO3S/c1-8(2)10(12)6-11-4-5-15(13,14)7-9(11)3/h8-9H,4-7H2,1-3H3. The summed E-state index contributed by atoms with van der Waals surface area (Å²) in [5.74, 6) is 0.568. The van der Waals surface area contributed by atoms with Crippen molar-refractivity contribution in [2.45, 2.75) is 26.8 Å². The van der Waals surface area contributed by atoms with Crippen LogP contribution in [-0.4, -0.2) is 49.7 Å². The molecule has 4 nitrogen and oxygen atoms in total. The van der Waals surface area contributed by atoms with Crippen LogP contribution in [0.5, 0.6) is 0 Å². The molecule has 1 heterocycles. The van der Waals surface area contributed by atoms with Crippen LogP contribution in [0.15, 0.2) is 0 Å². The molecule has 5 heteroatoms. The van der Waals surface area contributed by atoms with E-state index in [4.69, 9.17) is 0 Å². The van der Waals surface area contributed by atoms with Crippen LogP contribution in [0.3, 0.4) is 0 Å². The number of hydrogen-bond donors (Lipinski definition) is 0. The fourth-order valence-electron chi connectivity index (χ4n) is 1.65. The Morgan fingerprint density at radius 1 is 1.47 bits per heavy atom. The predicted octanol–water partition coefficient (Wildman–Crippen LogP) is 0.330. The van der Waals surface area contributed by atoms with Gasteiger partial charge in [-0.25, -0.2) is 8.42 Å². The summed E-state index contributed by atoms with van der Waals surface area (Å²) in [6.07, 6.45) is 0. The maximum absolute atomic E-state index is 11.5. The Balaban J connectivity index is 2.56. The van der Waals surface area contributed by atoms with Crippen LogP contribution in [0, 0.1) is 5.92 Å². The zero-order valence-corrected chi connectivity index (χ0v) is 10.4. The topological polar surface area (TPSA) is 54.5 Å². The Morgan fingerprint density at radius 2 is 2.07 bits per heavy atom. The normalized spacial score (nSPS) is 26.8. The van der Waals surface area contributed by atoms with Crippen LogP contribution in [-0.2, 0) is 14.6 Å². The van der Waals surface area contributed by atoms with Crippen LogP contribution < -0.4 is 0 Å². The lowest BCUT2D eigenvalue weighted by molar-refractivity contribution is -0.123. The summed E-state index contributed by atoms with van der Waals surface area (Å²) in [7, 11) is -2.87. The van der Waals surface area contributed by atoms with Crippen LogP contribution in [0.2, 0.25) is 0 Å². The second kappa shape index (κ2) is 4.61. The first-order valence-corrected chi connectivity index (χ1v) is 7.11. The minimum absolute atomic E-state index is 0.0238. The van der Waals surface area contributed by atoms with Gasteiger partial charge in [-0.3, -0.25) is 9.69 Å². The zero-order valence-electron chi connectivity index (χ0n) is 9.56. The van der Waals surface area contributed by atoms with Crippen molar-refractivity contribution in [3.63, 3.8) is 0 Å². The quantitative estimate of drug-likeness (QED) is 0.705. The lowest BCUT2D eigenvalue weighted by atomic mass is 10.1. The Hall–Kier alpha value is -0.420. The Labute approximate surface area is 91.6 Å². The maximum atomic E-state index is 11.5. The van der Waals surface area contributed by atoms with Crippen molar-refractivity contribution in [3.05, 3.63) is 0 Å². The van der Waals surface area contributed by atoms with E-state index < -0.39 is 9.84 Å². The lowest BCUT2D eigenvalue weighted by Crippen LogP contribution is -2.49. The molecule has 0 amide bonds. The molecule has 1 aliphatic rings. The molecule has 0 aliphatic carbocycles. The molecule has 0 bridgehead atoms. The molecule has 1 unspecified atom stereocenters. The third-order valence-electron chi connectivity index (χ3n) is 2.81. The highest BCUT2D eigenvalue weighted by Crippen LogP contribution is 2.12. The average Bonchev–Trinajstić information content (AvgIpc) is 2.08. The van der Waals surface area contributed by atoms with Gasteiger partial charge in [0, 0.05) is 18.5 Å². The first-order chi connectivity index (χ1) is 6.82. The highest BCUT2D eigenvalue weighted by molar-refractivity contribution is 7.91. The fourth-order valence-corrected chi connectivity index (χ4v) is 3.28. The van der Waals surface area contributed by atoms with E-state index in [1.54, 1.807) is 0 Å². The first-order valence-electron chi connectivity index (χ1n) is 5.29. The number of Topliss-reactive ketones (excluding diaryl/α,β-unsaturated/α-hetero) is 1. The summed E-state index contributed by atoms with van der Waals surface area (Å²) < 4.78 is 22.6. The highest BCUT2D eigenvalue weighted by atomic mass is 32.2. The van der Waals surface area contributed by atoms with Gasteiger partial charge in [0.1, 0.15) is 5.78 Å². The minimum atomic E-state index is -2.87. The number of hydrogen-bond acceptors (Lipinski definition) is 4. The van der Waals surface area contributed by atoms with Gasteiger partial charge in [-0.15, -0.1) is 0 Å². The molecule has 15 heavy (non-hydrogen) atoms. The molecule has 0 aromatic rings. The Kier molecular flexibility index (Phi) is 3.89. The molecule has 1 rings (SSSR count). The first kappa shape index (κ1) is 12.6. The van der Waals surface area contributed by atoms with Gasteiger partial charge >= 0.3 is 0 Å². The molecular weight excluding hydrogens is 214 g/mol. The van der Waals surface area contributed by atoms with Crippen molar-refractivity contribution < 1.29 is 13.2 Å². The summed E-state index contributed by atoms with van der Waals surface area (Å²) >= 11 is 0. The van der Waals surface area contributed by atoms with Gasteiger partial charge in [-0.05, 0) is 6.92 Å². The summed E-state index contributed by atoms with van der Waals surface area (Å²) in [4.78, 5) is 13.5. The molecule has 1 fully saturated rings. The van der Waals surface area contributed by atoms with Crippen LogP contribution in [0.1, 0.15) is 20.8 Å². The van der Waals surface area contributed by atoms with E-state index in [-0.39, 0.29) is 29.2 Å². The predicted molar refractivity (Wildman–Crippen MR) is 59.5 cm³/mol. The van der Waals surface area contributed by atoms with Crippen molar-refractivity contribution >= 4 is 15.6 Å². The van der Waals surface area contributed by atoms with Crippen molar-refractivity contribution in [1.82, 2.24) is 4.90 Å². The van der Waals surface area contributed by atoms with Gasteiger partial charge in [-0.1, -0.05) is 13.8 Å². The van der Waals surface area contributed by atoms with E-state index in [1.807, 2.05) is 25.7 Å². The third-order valence-corrected chi connectivity index (χ3v) is 4.61. The number of carbonyl (C=O) groups excluding carboxylic acids is 1. The number of sulfone groups is 1. The third kappa shape index (κ3) is 3.57. The number of nitrogens with zero attached hydrogens (tertiary/aromatic N) is 1. The molecule has 0 N–H and O–H groups in total. The summed E-state index contributed by atoms with van der Waals surface area (Å²) in [6, 6.07) is -0.0357. The van der Waals surface area contributed by atoms with Crippen LogP contribution in [0.25, 0.3) is 0 Å². The molecule has 0 aromatic heterocycles. The molecule has 88 valence electrons. The Bertz CT molecular complexity index is 335. The second-order valence-corrected chi connectivity index (χ2v) is 6.78. The monoisotopic (exact) mass is 233 g/mol. The molecule has 1 atom stereocenters. The largest absolute Gasteiger partial charge is 0.298 e. The average molecular weight is 233 g/mol. The van der Waals surface area contributed by atoms with E-state index in [1.165, 1.54) is 0 Å². The van der Waals surface area contributed by atoms with Crippen molar-refractivity contribution in [2.75, 3.05) is 24.6 Å². The van der Waals surface area contributed by atoms with Gasteiger partial charge in [-0.2, -0.15) is 0 Å². The van der Waals surface area contributed by atoms with Crippen LogP contribution >= 0.6 is 0 Å². The van der Waals surface area contributed by atoms with E-state index in [9.17, 15) is 13.2 Å². The van der Waals surface area contributed by atoms with Crippen molar-refractivity contribution in [1.29, 1.82) is 0 Å². The summed E-state index contributed by atoms with van der Waals surface area (Å²) in [5.41, 5.74) is 0. The zero-order chi connectivity index (χ0) is 11.6. The lowest BCUT2D eigenvalue weighted by Gasteiger charge is -2.32. The Morgan fingerprint density at radius 3 is 2.53 bits per heavy atom. The van der Waals surface area contributed by atoms with Crippen molar-refractivity contribution in [3.8, 4) is 0 Å². The van der Waals surface area contributed by atoms with Crippen molar-refractivity contribution in [2.24, 2.45) is 5.92 Å². The number of rotatable bonds is 3. The van der Waals surface area contributed by atoms with E-state index in [0.29, 0.717) is 13.1 Å². The molecule has 0 radical (unpaired) electrons. The maximum Gasteiger partial charge on any atom is 0.153 e. The van der Waals surface area contributed by atoms with E-state index >= 15 is 0 Å². The van der Waals surface area contributed by atoms with E-state index in [0.717, 1.165) is 0 Å². The fraction of sp³-hybridized carbons (Fsp3) is 0.900. The summed E-state index contributed by atoms with van der Waals surface area (Å²) in [5, 5.41) is 0. The smallest absolute Gasteiger partial charge is 0.153 e. The summed E-state index contributed by atoms with van der Waals surface area (Å²) in [6.45, 7) is 6.47. The van der Waals surface area contributed by atoms with Gasteiger partial charge < -0.3 is 0 Å². The van der Waals surface area contributed by atoms with Gasteiger partial charge in [0.25, 0.3) is 0 Å². The molecular formula is C10H19NO3S. The molecule has 0 saturated carbocycles. The minimum Gasteiger partial charge on any atom is -0.298 e. The van der Waals surface area contributed by atoms with Gasteiger partial charge in [0.05, 0.1) is 18.1 Å². The molecule has 1 saturated heterocycles. The van der Waals surface area contributed by atoms with Gasteiger partial charge in [0.2, 0.25) is 0 Å². The number of ketones is 1. The second-order valence-electron chi connectivity index (χ2n) is 4.55. The van der Waals surface area contributed by atoms with E-state index in [2.05, 4.69) is 0 Å².